The Morgan fingerprint density at radius 2 is 1.13 bits per heavy atom. The third-order valence-electron chi connectivity index (χ3n) is 17.5. The number of carbonyl (C=O) groups excluding carboxylic acids is 2. The molecule has 0 radical (unpaired) electrons. The standard InChI is InChI=1S/C38H43N7O2S.C27H35N7O2S/c1-27-10-7-13-29-14-8-16-34(35(27)29)43-19-17-32-33(24-43)40-37(48-26-30-15-9-18-42(30)3)41-36(32)44-20-21-45(31(23-44)22-39-2)38(46)47-25-28-11-5-4-6-12-28;1-28-15-22-17-33(13-14-34(22)27(35)36-18-20-7-4-3-5-8-20)25-23-10-11-29-16-24(23)30-26(31-25)37-19-21-9-6-12-32(21)2/h4-8,10-14,16,30-31H,9,15,17-26H2,1,3H3;3-5,7-8,21-22,29H,6,9-19H2,2H3/t30-,31-;21-,22-/m00/s1. The SMILES string of the molecule is [C-]#[N+]C[C@H]1CN(c2nc(SC[C@@H]3CCCN3C)nc3c2CCN(c2cccc4cccc(C)c24)C3)CCN1C(=O)OCc1ccccc1.[C-]#[N+]C[C@H]1CN(c2nc(SC[C@@H]3CCCN3C)nc3c2CCNC3)CCN1C(=O)OCc1ccccc1. The lowest BCUT2D eigenvalue weighted by molar-refractivity contribution is 0.0781. The number of piperazine rings is 2. The summed E-state index contributed by atoms with van der Waals surface area (Å²) < 4.78 is 11.3. The minimum atomic E-state index is -0.366. The normalized spacial score (nSPS) is 20.7. The summed E-state index contributed by atoms with van der Waals surface area (Å²) in [6.45, 7) is 27.2. The fourth-order valence-electron chi connectivity index (χ4n) is 12.8. The second-order valence-corrected chi connectivity index (χ2v) is 25.1. The van der Waals surface area contributed by atoms with Crippen LogP contribution in [0.25, 0.3) is 20.5 Å². The molecule has 0 unspecified atom stereocenters. The molecule has 85 heavy (non-hydrogen) atoms. The zero-order valence-corrected chi connectivity index (χ0v) is 50.9. The number of nitrogens with one attached hydrogen (secondary N) is 1. The van der Waals surface area contributed by atoms with Crippen LogP contribution in [0, 0.1) is 20.1 Å². The van der Waals surface area contributed by atoms with Crippen molar-refractivity contribution in [1.29, 1.82) is 0 Å². The zero-order chi connectivity index (χ0) is 58.7. The van der Waals surface area contributed by atoms with Crippen LogP contribution in [0.3, 0.4) is 0 Å². The second kappa shape index (κ2) is 28.3. The number of likely N-dealkylation sites (tertiary alicyclic amines) is 2. The van der Waals surface area contributed by atoms with Gasteiger partial charge in [-0.1, -0.05) is 115 Å². The van der Waals surface area contributed by atoms with E-state index in [9.17, 15) is 9.59 Å². The van der Waals surface area contributed by atoms with Crippen LogP contribution < -0.4 is 20.0 Å². The first-order chi connectivity index (χ1) is 41.6. The molecule has 6 aromatic rings. The van der Waals surface area contributed by atoms with E-state index < -0.39 is 0 Å². The highest BCUT2D eigenvalue weighted by molar-refractivity contribution is 7.99. The summed E-state index contributed by atoms with van der Waals surface area (Å²) in [4.78, 5) is 69.4. The Labute approximate surface area is 509 Å². The Kier molecular flexibility index (Phi) is 19.8. The van der Waals surface area contributed by atoms with E-state index in [1.54, 1.807) is 33.3 Å². The van der Waals surface area contributed by atoms with Gasteiger partial charge in [-0.15, -0.1) is 0 Å². The molecule has 4 saturated heterocycles. The average Bonchev–Trinajstić information content (AvgIpc) is 4.00. The summed E-state index contributed by atoms with van der Waals surface area (Å²) in [7, 11) is 4.41. The molecule has 4 aromatic carbocycles. The van der Waals surface area contributed by atoms with Gasteiger partial charge in [-0.2, -0.15) is 0 Å². The lowest BCUT2D eigenvalue weighted by Crippen LogP contribution is -2.57. The maximum Gasteiger partial charge on any atom is 0.410 e. The number of benzene rings is 4. The molecule has 1 N–H and O–H groups in total. The molecule has 0 bridgehead atoms. The molecular formula is C65H78N14O4S2. The molecule has 2 aromatic heterocycles. The van der Waals surface area contributed by atoms with Crippen molar-refractivity contribution < 1.29 is 19.1 Å². The molecule has 4 fully saturated rings. The van der Waals surface area contributed by atoms with E-state index in [-0.39, 0.29) is 50.6 Å². The van der Waals surface area contributed by atoms with E-state index in [1.165, 1.54) is 58.8 Å². The second-order valence-electron chi connectivity index (χ2n) is 23.1. The van der Waals surface area contributed by atoms with Gasteiger partial charge in [-0.3, -0.25) is 9.80 Å². The Balaban J connectivity index is 0.000000183. The first-order valence-corrected chi connectivity index (χ1v) is 32.1. The molecular weight excluding hydrogens is 1100 g/mol. The van der Waals surface area contributed by atoms with Crippen molar-refractivity contribution in [1.82, 2.24) is 44.9 Å². The molecule has 18 nitrogen and oxygen atoms in total. The first-order valence-electron chi connectivity index (χ1n) is 30.1. The molecule has 0 aliphatic carbocycles. The lowest BCUT2D eigenvalue weighted by Gasteiger charge is -2.41. The number of nitrogens with zero attached hydrogens (tertiary/aromatic N) is 13. The maximum absolute atomic E-state index is 13.3. The molecule has 444 valence electrons. The van der Waals surface area contributed by atoms with E-state index in [0.29, 0.717) is 57.9 Å². The minimum absolute atomic E-state index is 0.216. The summed E-state index contributed by atoms with van der Waals surface area (Å²) in [5, 5.41) is 7.63. The third-order valence-corrected chi connectivity index (χ3v) is 19.5. The van der Waals surface area contributed by atoms with Crippen LogP contribution >= 0.6 is 23.5 Å². The molecule has 0 spiro atoms. The van der Waals surface area contributed by atoms with Gasteiger partial charge in [0.1, 0.15) is 36.9 Å². The molecule has 0 saturated carbocycles. The Morgan fingerprint density at radius 1 is 0.600 bits per heavy atom. The van der Waals surface area contributed by atoms with E-state index in [4.69, 9.17) is 42.6 Å². The predicted molar refractivity (Wildman–Crippen MR) is 337 cm³/mol. The summed E-state index contributed by atoms with van der Waals surface area (Å²) in [5.74, 6) is 3.88. The smallest absolute Gasteiger partial charge is 0.410 e. The van der Waals surface area contributed by atoms with Crippen LogP contribution in [0.4, 0.5) is 26.9 Å². The first kappa shape index (κ1) is 59.5. The van der Waals surface area contributed by atoms with Crippen LogP contribution in [0.1, 0.15) is 64.9 Å². The van der Waals surface area contributed by atoms with Gasteiger partial charge in [-0.05, 0) is 107 Å². The van der Waals surface area contributed by atoms with Crippen LogP contribution in [-0.2, 0) is 48.6 Å². The van der Waals surface area contributed by atoms with Gasteiger partial charge >= 0.3 is 12.2 Å². The molecule has 2 amide bonds. The van der Waals surface area contributed by atoms with Crippen LogP contribution in [0.5, 0.6) is 0 Å². The van der Waals surface area contributed by atoms with E-state index in [1.807, 2.05) is 60.7 Å². The van der Waals surface area contributed by atoms with Gasteiger partial charge in [0.15, 0.2) is 10.3 Å². The number of rotatable bonds is 15. The quantitative estimate of drug-likeness (QED) is 0.0591. The number of anilines is 3. The van der Waals surface area contributed by atoms with Crippen LogP contribution in [0.2, 0.25) is 0 Å². The summed E-state index contributed by atoms with van der Waals surface area (Å²) in [6.07, 6.45) is 5.90. The van der Waals surface area contributed by atoms with Crippen molar-refractivity contribution in [3.63, 3.8) is 0 Å². The van der Waals surface area contributed by atoms with Gasteiger partial charge in [-0.25, -0.2) is 42.7 Å². The summed E-state index contributed by atoms with van der Waals surface area (Å²) in [5.41, 5.74) is 8.95. The number of aromatic nitrogens is 4. The van der Waals surface area contributed by atoms with Gasteiger partial charge in [0.2, 0.25) is 13.1 Å². The fourth-order valence-corrected chi connectivity index (χ4v) is 14.9. The number of aryl methyl sites for hydroxylation is 1. The number of hydrogen-bond acceptors (Lipinski definition) is 16. The summed E-state index contributed by atoms with van der Waals surface area (Å²) >= 11 is 3.50. The van der Waals surface area contributed by atoms with Gasteiger partial charge in [0, 0.05) is 98.1 Å². The van der Waals surface area contributed by atoms with Crippen molar-refractivity contribution in [3.05, 3.63) is 159 Å². The van der Waals surface area contributed by atoms with Crippen molar-refractivity contribution in [2.24, 2.45) is 0 Å². The molecule has 6 aliphatic rings. The van der Waals surface area contributed by atoms with Gasteiger partial charge in [0.25, 0.3) is 0 Å². The monoisotopic (exact) mass is 1180 g/mol. The number of amides is 2. The van der Waals surface area contributed by atoms with Crippen molar-refractivity contribution in [3.8, 4) is 0 Å². The number of thioether (sulfide) groups is 2. The largest absolute Gasteiger partial charge is 0.445 e. The topological polar surface area (TPSA) is 148 Å². The van der Waals surface area contributed by atoms with Gasteiger partial charge in [0.05, 0.1) is 17.9 Å². The Hall–Kier alpha value is -7.20. The van der Waals surface area contributed by atoms with Crippen LogP contribution in [-0.4, -0.2) is 180 Å². The zero-order valence-electron chi connectivity index (χ0n) is 49.3. The average molecular weight is 1180 g/mol. The summed E-state index contributed by atoms with van der Waals surface area (Å²) in [6, 6.07) is 33.0. The Morgan fingerprint density at radius 3 is 1.66 bits per heavy atom. The van der Waals surface area contributed by atoms with Crippen LogP contribution in [0.15, 0.2) is 107 Å². The van der Waals surface area contributed by atoms with E-state index in [0.717, 1.165) is 102 Å². The predicted octanol–water partition coefficient (Wildman–Crippen LogP) is 9.49. The third kappa shape index (κ3) is 14.4. The maximum atomic E-state index is 13.3. The number of fused-ring (bicyclic) bond motifs is 3. The fraction of sp³-hybridized carbons (Fsp3) is 0.477. The van der Waals surface area contributed by atoms with Gasteiger partial charge < -0.3 is 49.0 Å². The highest BCUT2D eigenvalue weighted by Crippen LogP contribution is 2.37. The molecule has 4 atom stereocenters. The molecule has 6 aliphatic heterocycles. The number of hydrogen-bond donors (Lipinski definition) is 1. The number of ether oxygens (including phenoxy) is 2. The molecule has 12 rings (SSSR count). The molecule has 8 heterocycles. The van der Waals surface area contributed by atoms with Crippen molar-refractivity contribution >= 4 is 63.8 Å². The minimum Gasteiger partial charge on any atom is -0.445 e. The highest BCUT2D eigenvalue weighted by atomic mass is 32.2. The Bertz CT molecular complexity index is 3360. The van der Waals surface area contributed by atoms with E-state index >= 15 is 0 Å². The molecule has 20 heteroatoms. The number of carbonyl (C=O) groups is 2. The highest BCUT2D eigenvalue weighted by Gasteiger charge is 2.38. The van der Waals surface area contributed by atoms with Crippen molar-refractivity contribution in [2.45, 2.75) is 106 Å². The van der Waals surface area contributed by atoms with E-state index in [2.05, 4.69) is 96.9 Å². The lowest BCUT2D eigenvalue weighted by atomic mass is 9.99. The van der Waals surface area contributed by atoms with Crippen molar-refractivity contribution in [2.75, 3.05) is 119 Å².